The molecule has 1 aliphatic heterocycles. The van der Waals surface area contributed by atoms with Gasteiger partial charge in [0.25, 0.3) is 0 Å². The van der Waals surface area contributed by atoms with E-state index in [1.807, 2.05) is 11.6 Å². The molecule has 8 heteroatoms. The van der Waals surface area contributed by atoms with Gasteiger partial charge < -0.3 is 15.6 Å². The summed E-state index contributed by atoms with van der Waals surface area (Å²) in [5, 5.41) is 12.7. The maximum Gasteiger partial charge on any atom is 0.191 e. The minimum absolute atomic E-state index is 0. The molecule has 3 N–H and O–H groups in total. The van der Waals surface area contributed by atoms with Crippen LogP contribution in [-0.4, -0.2) is 38.8 Å². The fourth-order valence-corrected chi connectivity index (χ4v) is 3.89. The monoisotopic (exact) mass is 507 g/mol. The molecule has 0 saturated heterocycles. The van der Waals surface area contributed by atoms with Gasteiger partial charge in [0.15, 0.2) is 5.96 Å². The largest absolute Gasteiger partial charge is 0.361 e. The number of aliphatic imine (C=N–C) groups is 1. The molecule has 0 fully saturated rings. The summed E-state index contributed by atoms with van der Waals surface area (Å²) in [6, 6.07) is 8.62. The number of halogens is 1. The highest BCUT2D eigenvalue weighted by Gasteiger charge is 2.24. The molecule has 0 saturated carbocycles. The van der Waals surface area contributed by atoms with Crippen molar-refractivity contribution in [2.75, 3.05) is 13.1 Å². The average Bonchev–Trinajstić information content (AvgIpc) is 3.28. The smallest absolute Gasteiger partial charge is 0.191 e. The second-order valence-corrected chi connectivity index (χ2v) is 7.30. The number of para-hydroxylation sites is 1. The first-order valence-corrected chi connectivity index (χ1v) is 10.3. The molecule has 0 amide bonds. The van der Waals surface area contributed by atoms with Crippen molar-refractivity contribution in [2.45, 2.75) is 52.1 Å². The van der Waals surface area contributed by atoms with Gasteiger partial charge in [-0.05, 0) is 51.2 Å². The summed E-state index contributed by atoms with van der Waals surface area (Å²) in [5.74, 6) is 2.72. The maximum absolute atomic E-state index is 4.79. The third-order valence-corrected chi connectivity index (χ3v) is 5.18. The molecule has 29 heavy (non-hydrogen) atoms. The average molecular weight is 507 g/mol. The Kier molecular flexibility index (Phi) is 7.51. The lowest BCUT2D eigenvalue weighted by atomic mass is 10.1. The van der Waals surface area contributed by atoms with Crippen LogP contribution in [0.3, 0.4) is 0 Å². The molecule has 2 aromatic heterocycles. The Balaban J connectivity index is 0.00000240. The van der Waals surface area contributed by atoms with Gasteiger partial charge in [0.1, 0.15) is 11.6 Å². The third-order valence-electron chi connectivity index (χ3n) is 5.18. The van der Waals surface area contributed by atoms with Gasteiger partial charge in [0.2, 0.25) is 0 Å². The van der Waals surface area contributed by atoms with Gasteiger partial charge in [-0.15, -0.1) is 24.0 Å². The Morgan fingerprint density at radius 3 is 3.07 bits per heavy atom. The molecule has 4 rings (SSSR count). The lowest BCUT2D eigenvalue weighted by Gasteiger charge is -2.25. The maximum atomic E-state index is 4.79. The number of hydrogen-bond acceptors (Lipinski definition) is 3. The number of hydrogen-bond donors (Lipinski definition) is 3. The van der Waals surface area contributed by atoms with E-state index >= 15 is 0 Å². The zero-order valence-electron chi connectivity index (χ0n) is 17.1. The molecular weight excluding hydrogens is 477 g/mol. The fourth-order valence-electron chi connectivity index (χ4n) is 3.89. The fraction of sp³-hybridized carbons (Fsp3) is 0.476. The number of fused-ring (bicyclic) bond motifs is 2. The Morgan fingerprint density at radius 1 is 1.34 bits per heavy atom. The van der Waals surface area contributed by atoms with Crippen LogP contribution in [0.15, 0.2) is 35.5 Å². The molecule has 1 aromatic carbocycles. The first-order chi connectivity index (χ1) is 13.7. The molecule has 3 aromatic rings. The topological polar surface area (TPSA) is 82.9 Å². The van der Waals surface area contributed by atoms with Gasteiger partial charge >= 0.3 is 0 Å². The van der Waals surface area contributed by atoms with E-state index in [2.05, 4.69) is 63.1 Å². The quantitative estimate of drug-likeness (QED) is 0.206. The van der Waals surface area contributed by atoms with Crippen LogP contribution in [0.2, 0.25) is 0 Å². The Bertz CT molecular complexity index is 959. The van der Waals surface area contributed by atoms with Crippen LogP contribution in [0, 0.1) is 6.92 Å². The normalized spacial score (nSPS) is 16.3. The second-order valence-electron chi connectivity index (χ2n) is 7.30. The van der Waals surface area contributed by atoms with Crippen molar-refractivity contribution >= 4 is 40.8 Å². The van der Waals surface area contributed by atoms with Crippen molar-refractivity contribution in [3.05, 3.63) is 47.7 Å². The molecule has 0 spiro atoms. The number of guanidine groups is 1. The predicted octanol–water partition coefficient (Wildman–Crippen LogP) is 3.71. The SMILES string of the molecule is CCNC(=NCCCc1c[nH]c2ccccc12)NC1CCCn2nc(C)nc21.I. The van der Waals surface area contributed by atoms with Crippen LogP contribution in [-0.2, 0) is 13.0 Å². The summed E-state index contributed by atoms with van der Waals surface area (Å²) in [5.41, 5.74) is 2.56. The summed E-state index contributed by atoms with van der Waals surface area (Å²) < 4.78 is 2.02. The zero-order chi connectivity index (χ0) is 19.3. The predicted molar refractivity (Wildman–Crippen MR) is 128 cm³/mol. The van der Waals surface area contributed by atoms with Gasteiger partial charge in [-0.25, -0.2) is 9.67 Å². The van der Waals surface area contributed by atoms with Crippen LogP contribution in [0.5, 0.6) is 0 Å². The van der Waals surface area contributed by atoms with E-state index in [1.54, 1.807) is 0 Å². The number of H-pyrrole nitrogens is 1. The van der Waals surface area contributed by atoms with Gasteiger partial charge in [0.05, 0.1) is 6.04 Å². The second kappa shape index (κ2) is 10.1. The summed E-state index contributed by atoms with van der Waals surface area (Å²) in [6.45, 7) is 6.62. The Labute approximate surface area is 188 Å². The van der Waals surface area contributed by atoms with Crippen molar-refractivity contribution in [2.24, 2.45) is 4.99 Å². The van der Waals surface area contributed by atoms with Crippen LogP contribution in [0.1, 0.15) is 49.4 Å². The molecule has 0 aliphatic carbocycles. The van der Waals surface area contributed by atoms with E-state index in [0.717, 1.165) is 62.9 Å². The van der Waals surface area contributed by atoms with Gasteiger partial charge in [0, 0.05) is 36.7 Å². The van der Waals surface area contributed by atoms with E-state index in [1.165, 1.54) is 16.5 Å². The van der Waals surface area contributed by atoms with Gasteiger partial charge in [-0.3, -0.25) is 4.99 Å². The number of aromatic nitrogens is 4. The van der Waals surface area contributed by atoms with Crippen LogP contribution < -0.4 is 10.6 Å². The zero-order valence-corrected chi connectivity index (χ0v) is 19.4. The van der Waals surface area contributed by atoms with Crippen molar-refractivity contribution in [3.8, 4) is 0 Å². The van der Waals surface area contributed by atoms with Crippen LogP contribution >= 0.6 is 24.0 Å². The van der Waals surface area contributed by atoms with Gasteiger partial charge in [-0.1, -0.05) is 18.2 Å². The minimum Gasteiger partial charge on any atom is -0.361 e. The lowest BCUT2D eigenvalue weighted by Crippen LogP contribution is -2.41. The van der Waals surface area contributed by atoms with Crippen molar-refractivity contribution in [1.82, 2.24) is 30.4 Å². The van der Waals surface area contributed by atoms with E-state index in [0.29, 0.717) is 0 Å². The first-order valence-electron chi connectivity index (χ1n) is 10.3. The molecule has 0 bridgehead atoms. The minimum atomic E-state index is 0. The highest BCUT2D eigenvalue weighted by Crippen LogP contribution is 2.23. The first kappa shape index (κ1) is 21.6. The van der Waals surface area contributed by atoms with Crippen LogP contribution in [0.4, 0.5) is 0 Å². The van der Waals surface area contributed by atoms with E-state index in [4.69, 9.17) is 4.99 Å². The third kappa shape index (κ3) is 5.09. The summed E-state index contributed by atoms with van der Waals surface area (Å²) in [4.78, 5) is 12.7. The lowest BCUT2D eigenvalue weighted by molar-refractivity contribution is 0.397. The van der Waals surface area contributed by atoms with Crippen molar-refractivity contribution < 1.29 is 0 Å². The van der Waals surface area contributed by atoms with Crippen LogP contribution in [0.25, 0.3) is 10.9 Å². The highest BCUT2D eigenvalue weighted by atomic mass is 127. The molecule has 156 valence electrons. The van der Waals surface area contributed by atoms with E-state index < -0.39 is 0 Å². The number of benzene rings is 1. The molecule has 3 heterocycles. The Morgan fingerprint density at radius 2 is 2.21 bits per heavy atom. The summed E-state index contributed by atoms with van der Waals surface area (Å²) in [7, 11) is 0. The highest BCUT2D eigenvalue weighted by molar-refractivity contribution is 14.0. The molecular formula is C21H30IN7. The van der Waals surface area contributed by atoms with E-state index in [9.17, 15) is 0 Å². The molecule has 1 atom stereocenters. The molecule has 1 unspecified atom stereocenters. The van der Waals surface area contributed by atoms with Gasteiger partial charge in [-0.2, -0.15) is 5.10 Å². The summed E-state index contributed by atoms with van der Waals surface area (Å²) in [6.07, 6.45) is 6.31. The van der Waals surface area contributed by atoms with Crippen molar-refractivity contribution in [3.63, 3.8) is 0 Å². The van der Waals surface area contributed by atoms with Crippen molar-refractivity contribution in [1.29, 1.82) is 0 Å². The Hall–Kier alpha value is -2.10. The number of nitrogens with one attached hydrogen (secondary N) is 3. The number of nitrogens with zero attached hydrogens (tertiary/aromatic N) is 4. The number of aryl methyl sites for hydroxylation is 3. The molecule has 0 radical (unpaired) electrons. The molecule has 7 nitrogen and oxygen atoms in total. The molecule has 1 aliphatic rings. The number of rotatable bonds is 6. The van der Waals surface area contributed by atoms with E-state index in [-0.39, 0.29) is 30.0 Å². The summed E-state index contributed by atoms with van der Waals surface area (Å²) >= 11 is 0. The number of aromatic amines is 1. The standard InChI is InChI=1S/C21H29N7.HI/c1-3-22-21(26-19-11-7-13-28-20(19)25-15(2)27-28)23-12-6-8-16-14-24-18-10-5-4-9-17(16)18;/h4-5,9-10,14,19,24H,3,6-8,11-13H2,1-2H3,(H2,22,23,26);1H.